The lowest BCUT2D eigenvalue weighted by Crippen LogP contribution is -2.30. The van der Waals surface area contributed by atoms with Crippen molar-refractivity contribution in [2.75, 3.05) is 42.3 Å². The average Bonchev–Trinajstić information content (AvgIpc) is 2.88. The maximum atomic E-state index is 12.8. The Hall–Kier alpha value is -4.00. The number of hydrogen-bond donors (Lipinski definition) is 2. The molecule has 0 aliphatic carbocycles. The molecule has 1 saturated heterocycles. The minimum atomic E-state index is -0.288. The van der Waals surface area contributed by atoms with Gasteiger partial charge in [-0.1, -0.05) is 18.2 Å². The second-order valence-electron chi connectivity index (χ2n) is 8.11. The van der Waals surface area contributed by atoms with Crippen LogP contribution in [0.1, 0.15) is 29.6 Å². The molecule has 3 aromatic carbocycles. The van der Waals surface area contributed by atoms with Gasteiger partial charge in [0.2, 0.25) is 0 Å². The zero-order valence-corrected chi connectivity index (χ0v) is 19.3. The van der Waals surface area contributed by atoms with Crippen LogP contribution < -0.4 is 25.0 Å². The number of carbonyl (C=O) groups is 2. The van der Waals surface area contributed by atoms with Crippen LogP contribution in [0.2, 0.25) is 0 Å². The molecule has 2 amide bonds. The summed E-state index contributed by atoms with van der Waals surface area (Å²) in [5, 5.41) is 5.80. The summed E-state index contributed by atoms with van der Waals surface area (Å²) in [4.78, 5) is 27.3. The van der Waals surface area contributed by atoms with Gasteiger partial charge in [-0.15, -0.1) is 0 Å². The Morgan fingerprint density at radius 3 is 2.38 bits per heavy atom. The summed E-state index contributed by atoms with van der Waals surface area (Å²) in [7, 11) is 1.57. The molecule has 0 atom stereocenters. The lowest BCUT2D eigenvalue weighted by Gasteiger charge is -2.30. The van der Waals surface area contributed by atoms with Crippen molar-refractivity contribution in [1.82, 2.24) is 0 Å². The van der Waals surface area contributed by atoms with Gasteiger partial charge in [0.25, 0.3) is 11.8 Å². The first-order chi connectivity index (χ1) is 16.6. The maximum absolute atomic E-state index is 12.8. The first-order valence-electron chi connectivity index (χ1n) is 11.4. The molecule has 2 N–H and O–H groups in total. The standard InChI is InChI=1S/C27H29N3O4/c1-33-23-9-7-8-21(18-23)28-26(31)19-34-22-14-12-20(13-15-22)27(32)29-24-10-3-4-11-25(24)30-16-5-2-6-17-30/h3-4,7-15,18H,2,5-6,16-17,19H2,1H3,(H,28,31)(H,29,32). The Morgan fingerprint density at radius 1 is 0.853 bits per heavy atom. The van der Waals surface area contributed by atoms with E-state index in [2.05, 4.69) is 21.6 Å². The van der Waals surface area contributed by atoms with Gasteiger partial charge >= 0.3 is 0 Å². The molecule has 7 nitrogen and oxygen atoms in total. The fourth-order valence-electron chi connectivity index (χ4n) is 3.93. The van der Waals surface area contributed by atoms with Crippen molar-refractivity contribution < 1.29 is 19.1 Å². The molecule has 1 aliphatic rings. The Kier molecular flexibility index (Phi) is 7.65. The van der Waals surface area contributed by atoms with E-state index in [1.54, 1.807) is 55.6 Å². The summed E-state index contributed by atoms with van der Waals surface area (Å²) in [6, 6.07) is 21.8. The van der Waals surface area contributed by atoms with Gasteiger partial charge in [0.05, 0.1) is 18.5 Å². The number of amides is 2. The van der Waals surface area contributed by atoms with Gasteiger partial charge in [-0.05, 0) is 67.8 Å². The van der Waals surface area contributed by atoms with Crippen LogP contribution in [0.15, 0.2) is 72.8 Å². The molecule has 176 valence electrons. The van der Waals surface area contributed by atoms with E-state index >= 15 is 0 Å². The Morgan fingerprint density at radius 2 is 1.62 bits per heavy atom. The fourth-order valence-corrected chi connectivity index (χ4v) is 3.93. The first kappa shape index (κ1) is 23.2. The highest BCUT2D eigenvalue weighted by atomic mass is 16.5. The highest BCUT2D eigenvalue weighted by Gasteiger charge is 2.16. The molecule has 0 saturated carbocycles. The van der Waals surface area contributed by atoms with Crippen molar-refractivity contribution in [1.29, 1.82) is 0 Å². The molecule has 0 spiro atoms. The largest absolute Gasteiger partial charge is 0.497 e. The van der Waals surface area contributed by atoms with Crippen molar-refractivity contribution in [3.63, 3.8) is 0 Å². The lowest BCUT2D eigenvalue weighted by atomic mass is 10.1. The number of para-hydroxylation sites is 2. The second kappa shape index (κ2) is 11.2. The second-order valence-corrected chi connectivity index (χ2v) is 8.11. The number of ether oxygens (including phenoxy) is 2. The van der Waals surface area contributed by atoms with Gasteiger partial charge in [0.15, 0.2) is 6.61 Å². The molecule has 0 unspecified atom stereocenters. The number of methoxy groups -OCH3 is 1. The van der Waals surface area contributed by atoms with Crippen molar-refractivity contribution >= 4 is 28.9 Å². The zero-order chi connectivity index (χ0) is 23.8. The summed E-state index contributed by atoms with van der Waals surface area (Å²) >= 11 is 0. The number of hydrogen-bond acceptors (Lipinski definition) is 5. The van der Waals surface area contributed by atoms with E-state index in [9.17, 15) is 9.59 Å². The molecule has 1 heterocycles. The molecule has 1 fully saturated rings. The Balaban J connectivity index is 1.32. The van der Waals surface area contributed by atoms with Crippen LogP contribution in [0, 0.1) is 0 Å². The highest BCUT2D eigenvalue weighted by Crippen LogP contribution is 2.28. The van der Waals surface area contributed by atoms with E-state index in [0.29, 0.717) is 22.7 Å². The summed E-state index contributed by atoms with van der Waals surface area (Å²) in [6.07, 6.45) is 3.59. The zero-order valence-electron chi connectivity index (χ0n) is 19.3. The number of nitrogens with one attached hydrogen (secondary N) is 2. The fraction of sp³-hybridized carbons (Fsp3) is 0.259. The predicted molar refractivity (Wildman–Crippen MR) is 134 cm³/mol. The Bertz CT molecular complexity index is 1120. The molecule has 4 rings (SSSR count). The van der Waals surface area contributed by atoms with Gasteiger partial charge in [-0.25, -0.2) is 0 Å². The molecule has 34 heavy (non-hydrogen) atoms. The number of rotatable bonds is 8. The van der Waals surface area contributed by atoms with Crippen molar-refractivity contribution in [3.8, 4) is 11.5 Å². The van der Waals surface area contributed by atoms with E-state index in [-0.39, 0.29) is 18.4 Å². The number of piperidine rings is 1. The summed E-state index contributed by atoms with van der Waals surface area (Å²) in [5.74, 6) is 0.688. The van der Waals surface area contributed by atoms with Crippen molar-refractivity contribution in [2.24, 2.45) is 0 Å². The van der Waals surface area contributed by atoms with Crippen LogP contribution >= 0.6 is 0 Å². The van der Waals surface area contributed by atoms with Crippen LogP contribution in [0.4, 0.5) is 17.1 Å². The van der Waals surface area contributed by atoms with E-state index in [0.717, 1.165) is 24.5 Å². The van der Waals surface area contributed by atoms with Crippen molar-refractivity contribution in [2.45, 2.75) is 19.3 Å². The average molecular weight is 460 g/mol. The van der Waals surface area contributed by atoms with Crippen LogP contribution in [0.3, 0.4) is 0 Å². The van der Waals surface area contributed by atoms with Gasteiger partial charge in [-0.3, -0.25) is 9.59 Å². The topological polar surface area (TPSA) is 79.9 Å². The molecule has 0 bridgehead atoms. The minimum absolute atomic E-state index is 0.147. The SMILES string of the molecule is COc1cccc(NC(=O)COc2ccc(C(=O)Nc3ccccc3N3CCCCC3)cc2)c1. The maximum Gasteiger partial charge on any atom is 0.262 e. The molecular formula is C27H29N3O4. The first-order valence-corrected chi connectivity index (χ1v) is 11.4. The molecular weight excluding hydrogens is 430 g/mol. The third-order valence-corrected chi connectivity index (χ3v) is 5.69. The molecule has 1 aliphatic heterocycles. The van der Waals surface area contributed by atoms with Crippen LogP contribution in [0.5, 0.6) is 11.5 Å². The van der Waals surface area contributed by atoms with Gasteiger partial charge in [-0.2, -0.15) is 0 Å². The summed E-state index contributed by atoms with van der Waals surface area (Å²) < 4.78 is 10.7. The van der Waals surface area contributed by atoms with E-state index in [4.69, 9.17) is 9.47 Å². The number of nitrogens with zero attached hydrogens (tertiary/aromatic N) is 1. The minimum Gasteiger partial charge on any atom is -0.497 e. The molecule has 7 heteroatoms. The number of benzene rings is 3. The lowest BCUT2D eigenvalue weighted by molar-refractivity contribution is -0.118. The number of anilines is 3. The molecule has 0 aromatic heterocycles. The van der Waals surface area contributed by atoms with Gasteiger partial charge in [0.1, 0.15) is 11.5 Å². The molecule has 3 aromatic rings. The predicted octanol–water partition coefficient (Wildman–Crippen LogP) is 4.96. The monoisotopic (exact) mass is 459 g/mol. The van der Waals surface area contributed by atoms with Crippen LogP contribution in [0.25, 0.3) is 0 Å². The smallest absolute Gasteiger partial charge is 0.262 e. The Labute approximate surface area is 199 Å². The van der Waals surface area contributed by atoms with Crippen molar-refractivity contribution in [3.05, 3.63) is 78.4 Å². The van der Waals surface area contributed by atoms with E-state index < -0.39 is 0 Å². The number of carbonyl (C=O) groups excluding carboxylic acids is 2. The summed E-state index contributed by atoms with van der Waals surface area (Å²) in [6.45, 7) is 1.86. The summed E-state index contributed by atoms with van der Waals surface area (Å²) in [5.41, 5.74) is 3.01. The van der Waals surface area contributed by atoms with Gasteiger partial charge in [0, 0.05) is 30.4 Å². The van der Waals surface area contributed by atoms with Gasteiger partial charge < -0.3 is 25.0 Å². The van der Waals surface area contributed by atoms with E-state index in [1.807, 2.05) is 18.2 Å². The highest BCUT2D eigenvalue weighted by molar-refractivity contribution is 6.06. The van der Waals surface area contributed by atoms with Crippen LogP contribution in [-0.4, -0.2) is 38.6 Å². The third kappa shape index (κ3) is 6.07. The third-order valence-electron chi connectivity index (χ3n) is 5.69. The normalized spacial score (nSPS) is 13.1. The van der Waals surface area contributed by atoms with E-state index in [1.165, 1.54) is 19.3 Å². The quantitative estimate of drug-likeness (QED) is 0.498. The van der Waals surface area contributed by atoms with Crippen LogP contribution in [-0.2, 0) is 4.79 Å². The molecule has 0 radical (unpaired) electrons.